The van der Waals surface area contributed by atoms with Crippen LogP contribution in [-0.4, -0.2) is 10.0 Å². The molecule has 1 aliphatic heterocycles. The predicted octanol–water partition coefficient (Wildman–Crippen LogP) is 5.47. The quantitative estimate of drug-likeness (QED) is 0.404. The Balaban J connectivity index is 1.75. The maximum Gasteiger partial charge on any atom is 0.132 e. The van der Waals surface area contributed by atoms with E-state index in [1.165, 1.54) is 22.3 Å². The first-order valence-electron chi connectivity index (χ1n) is 8.32. The van der Waals surface area contributed by atoms with Gasteiger partial charge in [0.2, 0.25) is 0 Å². The van der Waals surface area contributed by atoms with Gasteiger partial charge in [-0.3, -0.25) is 0 Å². The van der Waals surface area contributed by atoms with E-state index in [2.05, 4.69) is 85.0 Å². The topological polar surface area (TPSA) is 9.23 Å². The second kappa shape index (κ2) is 4.62. The average molecular weight is 414 g/mol. The fraction of sp³-hybridized carbons (Fsp3) is 0.333. The van der Waals surface area contributed by atoms with Crippen LogP contribution in [-0.2, 0) is 5.41 Å². The molecule has 23 heavy (non-hydrogen) atoms. The molecule has 0 bridgehead atoms. The Hall–Kier alpha value is -1.29. The molecule has 2 heteroatoms. The van der Waals surface area contributed by atoms with Crippen LogP contribution in [0.5, 0.6) is 5.75 Å². The third kappa shape index (κ3) is 1.79. The lowest BCUT2D eigenvalue weighted by atomic mass is 9.78. The zero-order valence-corrected chi connectivity index (χ0v) is 15.5. The van der Waals surface area contributed by atoms with Crippen molar-refractivity contribution < 1.29 is 4.74 Å². The summed E-state index contributed by atoms with van der Waals surface area (Å²) in [5, 5.41) is 0. The van der Waals surface area contributed by atoms with Gasteiger partial charge in [0.1, 0.15) is 11.9 Å². The molecule has 0 radical (unpaired) electrons. The molecule has 3 unspecified atom stereocenters. The molecule has 0 fully saturated rings. The number of rotatable bonds is 0. The summed E-state index contributed by atoms with van der Waals surface area (Å²) in [6, 6.07) is 4.65. The smallest absolute Gasteiger partial charge is 0.132 e. The number of fused-ring (bicyclic) bond motifs is 6. The molecule has 1 heterocycles. The van der Waals surface area contributed by atoms with Gasteiger partial charge in [0.25, 0.3) is 0 Å². The number of hydrogen-bond donors (Lipinski definition) is 0. The summed E-state index contributed by atoms with van der Waals surface area (Å²) in [4.78, 5) is 0. The molecule has 0 N–H and O–H groups in total. The van der Waals surface area contributed by atoms with Gasteiger partial charge in [-0.05, 0) is 23.6 Å². The molecule has 0 saturated heterocycles. The van der Waals surface area contributed by atoms with Gasteiger partial charge in [0, 0.05) is 26.4 Å². The van der Waals surface area contributed by atoms with E-state index >= 15 is 0 Å². The van der Waals surface area contributed by atoms with Gasteiger partial charge in [-0.25, -0.2) is 0 Å². The number of alkyl halides is 1. The van der Waals surface area contributed by atoms with Crippen LogP contribution in [0.3, 0.4) is 0 Å². The highest BCUT2D eigenvalue weighted by Gasteiger charge is 2.44. The first-order valence-corrected chi connectivity index (χ1v) is 9.57. The molecule has 0 amide bonds. The Bertz CT molecular complexity index is 838. The zero-order chi connectivity index (χ0) is 15.8. The van der Waals surface area contributed by atoms with Crippen molar-refractivity contribution in [1.82, 2.24) is 0 Å². The van der Waals surface area contributed by atoms with Crippen molar-refractivity contribution in [1.29, 1.82) is 0 Å². The summed E-state index contributed by atoms with van der Waals surface area (Å²) in [5.74, 6) is 1.50. The van der Waals surface area contributed by atoms with Gasteiger partial charge < -0.3 is 4.74 Å². The molecule has 1 aromatic carbocycles. The summed E-state index contributed by atoms with van der Waals surface area (Å²) >= 11 is 2.54. The summed E-state index contributed by atoms with van der Waals surface area (Å²) in [6.45, 7) is 4.73. The van der Waals surface area contributed by atoms with Gasteiger partial charge in [-0.2, -0.15) is 0 Å². The van der Waals surface area contributed by atoms with Crippen molar-refractivity contribution in [3.05, 3.63) is 70.9 Å². The number of hydrogen-bond acceptors (Lipinski definition) is 1. The highest BCUT2D eigenvalue weighted by molar-refractivity contribution is 14.1. The molecular formula is C21H19IO. The largest absolute Gasteiger partial charge is 0.484 e. The van der Waals surface area contributed by atoms with Gasteiger partial charge in [0.15, 0.2) is 0 Å². The summed E-state index contributed by atoms with van der Waals surface area (Å²) in [6.07, 6.45) is 14.7. The van der Waals surface area contributed by atoms with Gasteiger partial charge in [0.05, 0.1) is 0 Å². The molecule has 4 aliphatic rings. The van der Waals surface area contributed by atoms with Gasteiger partial charge in [-0.1, -0.05) is 84.5 Å². The first kappa shape index (κ1) is 14.1. The lowest BCUT2D eigenvalue weighted by molar-refractivity contribution is 0.268. The number of benzene rings is 1. The predicted molar refractivity (Wildman–Crippen MR) is 103 cm³/mol. The molecule has 0 saturated carbocycles. The van der Waals surface area contributed by atoms with Crippen molar-refractivity contribution in [3.8, 4) is 5.75 Å². The van der Waals surface area contributed by atoms with Gasteiger partial charge in [-0.15, -0.1) is 0 Å². The van der Waals surface area contributed by atoms with Crippen LogP contribution in [0.15, 0.2) is 54.2 Å². The number of allylic oxidation sites excluding steroid dienone is 6. The molecule has 5 rings (SSSR count). The minimum atomic E-state index is 0.108. The van der Waals surface area contributed by atoms with Crippen molar-refractivity contribution in [2.24, 2.45) is 0 Å². The van der Waals surface area contributed by atoms with Crippen LogP contribution in [0.1, 0.15) is 42.9 Å². The molecule has 1 nitrogen and oxygen atoms in total. The molecule has 0 aromatic heterocycles. The van der Waals surface area contributed by atoms with E-state index in [0.717, 1.165) is 12.2 Å². The van der Waals surface area contributed by atoms with Crippen LogP contribution in [0.25, 0.3) is 5.57 Å². The molecule has 0 spiro atoms. The van der Waals surface area contributed by atoms with Gasteiger partial charge >= 0.3 is 0 Å². The Morgan fingerprint density at radius 1 is 1.13 bits per heavy atom. The standard InChI is InChI=1S/C21H19IO/c1-21(2)16-10-9-14-13-5-3-4-6-18(13)23-20(14)19(16)15-8-7-12(22)11-17(15)21/h3-10,12-13,18H,11H2,1-2H3. The molecule has 116 valence electrons. The number of ether oxygens (including phenoxy) is 1. The summed E-state index contributed by atoms with van der Waals surface area (Å²) < 4.78 is 7.01. The maximum absolute atomic E-state index is 6.41. The molecular weight excluding hydrogens is 395 g/mol. The third-order valence-corrected chi connectivity index (χ3v) is 6.63. The molecule has 1 aromatic rings. The number of halogens is 1. The van der Waals surface area contributed by atoms with Crippen LogP contribution >= 0.6 is 22.6 Å². The molecule has 3 aliphatic carbocycles. The van der Waals surface area contributed by atoms with E-state index in [9.17, 15) is 0 Å². The average Bonchev–Trinajstić information content (AvgIpc) is 3.02. The van der Waals surface area contributed by atoms with Crippen LogP contribution in [0.2, 0.25) is 0 Å². The Labute approximate surface area is 150 Å². The fourth-order valence-electron chi connectivity index (χ4n) is 4.56. The second-order valence-corrected chi connectivity index (χ2v) is 8.98. The van der Waals surface area contributed by atoms with E-state index in [4.69, 9.17) is 4.74 Å². The monoisotopic (exact) mass is 414 g/mol. The highest BCUT2D eigenvalue weighted by atomic mass is 127. The van der Waals surface area contributed by atoms with E-state index in [1.54, 1.807) is 5.57 Å². The minimum absolute atomic E-state index is 0.108. The van der Waals surface area contributed by atoms with E-state index in [1.807, 2.05) is 0 Å². The minimum Gasteiger partial charge on any atom is -0.484 e. The van der Waals surface area contributed by atoms with Crippen LogP contribution in [0, 0.1) is 0 Å². The zero-order valence-electron chi connectivity index (χ0n) is 13.3. The SMILES string of the molecule is CC1(C)C2=C(C=CC(I)C2)c2c1ccc1c2OC2C=CC=CC12. The van der Waals surface area contributed by atoms with Crippen LogP contribution < -0.4 is 4.74 Å². The normalized spacial score (nSPS) is 31.5. The Morgan fingerprint density at radius 3 is 2.83 bits per heavy atom. The Morgan fingerprint density at radius 2 is 1.96 bits per heavy atom. The lowest BCUT2D eigenvalue weighted by Crippen LogP contribution is -2.20. The first-order chi connectivity index (χ1) is 11.1. The fourth-order valence-corrected chi connectivity index (χ4v) is 5.20. The van der Waals surface area contributed by atoms with E-state index in [0.29, 0.717) is 9.84 Å². The molecule has 3 atom stereocenters. The van der Waals surface area contributed by atoms with Crippen molar-refractivity contribution in [2.45, 2.75) is 41.6 Å². The highest BCUT2D eigenvalue weighted by Crippen LogP contribution is 2.57. The van der Waals surface area contributed by atoms with Crippen LogP contribution in [0.4, 0.5) is 0 Å². The van der Waals surface area contributed by atoms with E-state index < -0.39 is 0 Å². The summed E-state index contributed by atoms with van der Waals surface area (Å²) in [7, 11) is 0. The van der Waals surface area contributed by atoms with Crippen molar-refractivity contribution in [2.75, 3.05) is 0 Å². The Kier molecular flexibility index (Phi) is 2.83. The van der Waals surface area contributed by atoms with Crippen molar-refractivity contribution >= 4 is 28.2 Å². The van der Waals surface area contributed by atoms with E-state index in [-0.39, 0.29) is 11.5 Å². The summed E-state index contributed by atoms with van der Waals surface area (Å²) in [5.41, 5.74) is 7.25. The maximum atomic E-state index is 6.41. The lowest BCUT2D eigenvalue weighted by Gasteiger charge is -2.27. The second-order valence-electron chi connectivity index (χ2n) is 7.38. The third-order valence-electron chi connectivity index (χ3n) is 5.78. The van der Waals surface area contributed by atoms with Crippen molar-refractivity contribution in [3.63, 3.8) is 0 Å².